The van der Waals surface area contributed by atoms with Gasteiger partial charge in [0.25, 0.3) is 0 Å². The summed E-state index contributed by atoms with van der Waals surface area (Å²) in [6, 6.07) is 13.3. The van der Waals surface area contributed by atoms with Gasteiger partial charge in [-0.25, -0.2) is 24.9 Å². The van der Waals surface area contributed by atoms with E-state index in [1.807, 2.05) is 17.9 Å². The number of halogens is 1. The first-order valence-electron chi connectivity index (χ1n) is 12.3. The van der Waals surface area contributed by atoms with E-state index < -0.39 is 0 Å². The van der Waals surface area contributed by atoms with Crippen LogP contribution in [0.25, 0.3) is 22.1 Å². The molecule has 0 aliphatic carbocycles. The molecule has 1 saturated heterocycles. The summed E-state index contributed by atoms with van der Waals surface area (Å²) in [7, 11) is 2.02. The molecular weight excluding hydrogens is 486 g/mol. The van der Waals surface area contributed by atoms with Gasteiger partial charge >= 0.3 is 0 Å². The Morgan fingerprint density at radius 3 is 2.78 bits per heavy atom. The number of imidazole rings is 1. The molecule has 2 aromatic carbocycles. The lowest BCUT2D eigenvalue weighted by atomic mass is 9.99. The summed E-state index contributed by atoms with van der Waals surface area (Å²) in [5, 5.41) is 6.92. The van der Waals surface area contributed by atoms with Crippen LogP contribution in [0, 0.1) is 6.92 Å². The van der Waals surface area contributed by atoms with Crippen molar-refractivity contribution in [2.45, 2.75) is 26.3 Å². The maximum atomic E-state index is 4.84. The Balaban J connectivity index is 0.00000280. The molecule has 3 aromatic heterocycles. The van der Waals surface area contributed by atoms with Gasteiger partial charge in [0.05, 0.1) is 23.6 Å². The van der Waals surface area contributed by atoms with Crippen LogP contribution in [0.4, 0.5) is 17.5 Å². The second kappa shape index (κ2) is 10.3. The molecule has 0 spiro atoms. The van der Waals surface area contributed by atoms with E-state index in [1.54, 1.807) is 12.5 Å². The smallest absolute Gasteiger partial charge is 0.226 e. The number of nitrogens with zero attached hydrogens (tertiary/aromatic N) is 7. The predicted molar refractivity (Wildman–Crippen MR) is 150 cm³/mol. The summed E-state index contributed by atoms with van der Waals surface area (Å²) in [6.45, 7) is 6.98. The average molecular weight is 516 g/mol. The van der Waals surface area contributed by atoms with Gasteiger partial charge in [0.15, 0.2) is 5.82 Å². The normalized spacial score (nSPS) is 15.6. The summed E-state index contributed by atoms with van der Waals surface area (Å²) < 4.78 is 2.04. The number of nitrogens with one attached hydrogen (secondary N) is 2. The van der Waals surface area contributed by atoms with Gasteiger partial charge in [-0.05, 0) is 61.2 Å². The fourth-order valence-electron chi connectivity index (χ4n) is 4.82. The largest absolute Gasteiger partial charge is 0.338 e. The minimum Gasteiger partial charge on any atom is -0.338 e. The van der Waals surface area contributed by atoms with Crippen LogP contribution in [0.3, 0.4) is 0 Å². The number of anilines is 3. The molecule has 0 amide bonds. The van der Waals surface area contributed by atoms with Crippen LogP contribution in [-0.4, -0.2) is 55.2 Å². The zero-order valence-corrected chi connectivity index (χ0v) is 22.0. The molecule has 10 heteroatoms. The first-order valence-corrected chi connectivity index (χ1v) is 12.3. The first-order chi connectivity index (χ1) is 17.5. The lowest BCUT2D eigenvalue weighted by Crippen LogP contribution is -2.49. The number of rotatable bonds is 5. The Morgan fingerprint density at radius 1 is 1.05 bits per heavy atom. The van der Waals surface area contributed by atoms with Crippen LogP contribution in [0.15, 0.2) is 55.2 Å². The molecule has 9 nitrogen and oxygen atoms in total. The monoisotopic (exact) mass is 515 g/mol. The highest BCUT2D eigenvalue weighted by Gasteiger charge is 2.19. The first kappa shape index (κ1) is 24.9. The second-order valence-electron chi connectivity index (χ2n) is 9.55. The molecule has 2 N–H and O–H groups in total. The van der Waals surface area contributed by atoms with E-state index in [4.69, 9.17) is 4.98 Å². The van der Waals surface area contributed by atoms with Crippen molar-refractivity contribution in [2.24, 2.45) is 7.05 Å². The summed E-state index contributed by atoms with van der Waals surface area (Å²) in [6.07, 6.45) is 6.05. The lowest BCUT2D eigenvalue weighted by molar-refractivity contribution is 0.480. The molecule has 190 valence electrons. The van der Waals surface area contributed by atoms with E-state index in [0.29, 0.717) is 17.8 Å². The Labute approximate surface area is 221 Å². The van der Waals surface area contributed by atoms with Gasteiger partial charge in [-0.3, -0.25) is 0 Å². The number of benzene rings is 2. The van der Waals surface area contributed by atoms with Crippen molar-refractivity contribution in [3.05, 3.63) is 71.9 Å². The SMILES string of the molecule is Cc1cc(Nc2ncnc3cnc(N4CCNC(C)C4)nc23)ccc1Cc1ccc2c(c1)ncn2C.Cl. The van der Waals surface area contributed by atoms with Crippen LogP contribution >= 0.6 is 12.4 Å². The Bertz CT molecular complexity index is 1560. The average Bonchev–Trinajstić information content (AvgIpc) is 3.25. The highest BCUT2D eigenvalue weighted by atomic mass is 35.5. The Kier molecular flexibility index (Phi) is 6.90. The maximum Gasteiger partial charge on any atom is 0.226 e. The molecule has 1 aliphatic rings. The third-order valence-corrected chi connectivity index (χ3v) is 6.81. The minimum absolute atomic E-state index is 0. The summed E-state index contributed by atoms with van der Waals surface area (Å²) >= 11 is 0. The fourth-order valence-corrected chi connectivity index (χ4v) is 4.82. The highest BCUT2D eigenvalue weighted by Crippen LogP contribution is 2.26. The Hall–Kier alpha value is -3.82. The maximum absolute atomic E-state index is 4.84. The number of hydrogen-bond donors (Lipinski definition) is 2. The molecule has 1 aliphatic heterocycles. The number of fused-ring (bicyclic) bond motifs is 2. The molecule has 1 unspecified atom stereocenters. The van der Waals surface area contributed by atoms with Crippen LogP contribution in [0.1, 0.15) is 23.6 Å². The van der Waals surface area contributed by atoms with E-state index in [1.165, 1.54) is 16.7 Å². The van der Waals surface area contributed by atoms with Gasteiger partial charge in [-0.2, -0.15) is 0 Å². The van der Waals surface area contributed by atoms with Crippen molar-refractivity contribution >= 4 is 51.9 Å². The highest BCUT2D eigenvalue weighted by molar-refractivity contribution is 5.87. The minimum atomic E-state index is 0. The van der Waals surface area contributed by atoms with Gasteiger partial charge in [-0.1, -0.05) is 12.1 Å². The number of aromatic nitrogens is 6. The lowest BCUT2D eigenvalue weighted by Gasteiger charge is -2.31. The van der Waals surface area contributed by atoms with Gasteiger partial charge < -0.3 is 20.1 Å². The van der Waals surface area contributed by atoms with E-state index in [-0.39, 0.29) is 12.4 Å². The van der Waals surface area contributed by atoms with E-state index in [9.17, 15) is 0 Å². The van der Waals surface area contributed by atoms with Crippen LogP contribution < -0.4 is 15.5 Å². The molecule has 6 rings (SSSR count). The molecule has 5 aromatic rings. The van der Waals surface area contributed by atoms with Gasteiger partial charge in [-0.15, -0.1) is 12.4 Å². The van der Waals surface area contributed by atoms with Crippen LogP contribution in [-0.2, 0) is 13.5 Å². The summed E-state index contributed by atoms with van der Waals surface area (Å²) in [4.78, 5) is 25.0. The predicted octanol–water partition coefficient (Wildman–Crippen LogP) is 4.17. The summed E-state index contributed by atoms with van der Waals surface area (Å²) in [5.74, 6) is 1.39. The molecule has 0 radical (unpaired) electrons. The number of aryl methyl sites for hydroxylation is 2. The van der Waals surface area contributed by atoms with Crippen molar-refractivity contribution in [2.75, 3.05) is 29.9 Å². The quantitative estimate of drug-likeness (QED) is 0.360. The number of hydrogen-bond acceptors (Lipinski definition) is 8. The zero-order valence-electron chi connectivity index (χ0n) is 21.1. The summed E-state index contributed by atoms with van der Waals surface area (Å²) in [5.41, 5.74) is 8.32. The molecular formula is C27H30ClN9. The van der Waals surface area contributed by atoms with Crippen LogP contribution in [0.2, 0.25) is 0 Å². The number of piperazine rings is 1. The van der Waals surface area contributed by atoms with Gasteiger partial charge in [0, 0.05) is 38.4 Å². The molecule has 37 heavy (non-hydrogen) atoms. The van der Waals surface area contributed by atoms with E-state index in [2.05, 4.69) is 85.7 Å². The van der Waals surface area contributed by atoms with E-state index in [0.717, 1.165) is 53.8 Å². The molecule has 0 bridgehead atoms. The second-order valence-corrected chi connectivity index (χ2v) is 9.55. The van der Waals surface area contributed by atoms with Gasteiger partial charge in [0.1, 0.15) is 17.4 Å². The molecule has 1 fully saturated rings. The van der Waals surface area contributed by atoms with Crippen molar-refractivity contribution < 1.29 is 0 Å². The Morgan fingerprint density at radius 2 is 1.95 bits per heavy atom. The third-order valence-electron chi connectivity index (χ3n) is 6.81. The third kappa shape index (κ3) is 5.05. The molecule has 4 heterocycles. The van der Waals surface area contributed by atoms with Gasteiger partial charge in [0.2, 0.25) is 5.95 Å². The standard InChI is InChI=1S/C27H29N9.ClH/c1-17-10-21(6-5-20(17)11-19-4-7-24-22(12-19)32-16-35(24)3)33-26-25-23(30-15-31-26)13-29-27(34-25)36-9-8-28-18(2)14-36;/h4-7,10,12-13,15-16,18,28H,8-9,11,14H2,1-3H3,(H,30,31,33);1H. The topological polar surface area (TPSA) is 96.7 Å². The van der Waals surface area contributed by atoms with Crippen molar-refractivity contribution in [1.29, 1.82) is 0 Å². The van der Waals surface area contributed by atoms with Crippen molar-refractivity contribution in [1.82, 2.24) is 34.8 Å². The van der Waals surface area contributed by atoms with E-state index >= 15 is 0 Å². The van der Waals surface area contributed by atoms with Crippen molar-refractivity contribution in [3.63, 3.8) is 0 Å². The zero-order chi connectivity index (χ0) is 24.6. The molecule has 0 saturated carbocycles. The van der Waals surface area contributed by atoms with Crippen molar-refractivity contribution in [3.8, 4) is 0 Å². The molecule has 1 atom stereocenters. The fraction of sp³-hybridized carbons (Fsp3) is 0.296. The van der Waals surface area contributed by atoms with Crippen LogP contribution in [0.5, 0.6) is 0 Å².